The first-order valence-electron chi connectivity index (χ1n) is 10.9. The van der Waals surface area contributed by atoms with Crippen molar-refractivity contribution in [2.24, 2.45) is 0 Å². The molecule has 1 atom stereocenters. The van der Waals surface area contributed by atoms with Gasteiger partial charge in [0.2, 0.25) is 11.8 Å². The van der Waals surface area contributed by atoms with Gasteiger partial charge < -0.3 is 10.1 Å². The second-order valence-corrected chi connectivity index (χ2v) is 8.24. The number of nitrogens with zero attached hydrogens (tertiary/aromatic N) is 2. The fourth-order valence-corrected chi connectivity index (χ4v) is 4.10. The van der Waals surface area contributed by atoms with Crippen molar-refractivity contribution in [3.8, 4) is 5.75 Å². The first-order chi connectivity index (χ1) is 15.1. The average Bonchev–Trinajstić information content (AvgIpc) is 2.78. The van der Waals surface area contributed by atoms with Gasteiger partial charge in [-0.1, -0.05) is 23.8 Å². The number of ether oxygens (including phenoxy) is 1. The van der Waals surface area contributed by atoms with Crippen LogP contribution in [0.4, 0.5) is 0 Å². The quantitative estimate of drug-likeness (QED) is 0.675. The van der Waals surface area contributed by atoms with E-state index in [0.717, 1.165) is 45.3 Å². The lowest BCUT2D eigenvalue weighted by atomic mass is 10.0. The lowest BCUT2D eigenvalue weighted by molar-refractivity contribution is -0.134. The first kappa shape index (κ1) is 21.2. The van der Waals surface area contributed by atoms with Crippen molar-refractivity contribution in [2.75, 3.05) is 19.6 Å². The van der Waals surface area contributed by atoms with Crippen molar-refractivity contribution in [2.45, 2.75) is 50.7 Å². The Kier molecular flexibility index (Phi) is 6.76. The smallest absolute Gasteiger partial charge is 0.270 e. The van der Waals surface area contributed by atoms with Crippen LogP contribution in [0.1, 0.15) is 49.0 Å². The lowest BCUT2D eigenvalue weighted by Gasteiger charge is -2.32. The van der Waals surface area contributed by atoms with E-state index >= 15 is 0 Å². The third-order valence-electron chi connectivity index (χ3n) is 5.88. The van der Waals surface area contributed by atoms with Crippen LogP contribution in [-0.2, 0) is 9.59 Å². The molecular weight excluding hydrogens is 396 g/mol. The van der Waals surface area contributed by atoms with Crippen LogP contribution in [0.5, 0.6) is 5.75 Å². The summed E-state index contributed by atoms with van der Waals surface area (Å²) in [6.45, 7) is 3.05. The van der Waals surface area contributed by atoms with E-state index < -0.39 is 17.9 Å². The molecule has 4 rings (SSSR count). The predicted molar refractivity (Wildman–Crippen MR) is 114 cm³/mol. The number of nitrogens with one attached hydrogen (secondary N) is 2. The Labute approximate surface area is 181 Å². The molecule has 3 amide bonds. The van der Waals surface area contributed by atoms with Crippen LogP contribution >= 0.6 is 0 Å². The van der Waals surface area contributed by atoms with Crippen molar-refractivity contribution in [3.05, 3.63) is 47.8 Å². The minimum absolute atomic E-state index is 0.140. The van der Waals surface area contributed by atoms with E-state index in [1.54, 1.807) is 18.3 Å². The summed E-state index contributed by atoms with van der Waals surface area (Å²) in [4.78, 5) is 42.0. The lowest BCUT2D eigenvalue weighted by Crippen LogP contribution is -2.52. The van der Waals surface area contributed by atoms with Gasteiger partial charge in [0, 0.05) is 26.1 Å². The topological polar surface area (TPSA) is 101 Å². The molecule has 8 nitrogen and oxygen atoms in total. The number of hydrogen-bond donors (Lipinski definition) is 2. The SMILES string of the molecule is O=C1CCC(NC(=O)c2ccc(OC3CCN(CC4=CC=CCC4)CC3)cn2)C(=O)N1. The summed E-state index contributed by atoms with van der Waals surface area (Å²) in [5.41, 5.74) is 1.71. The number of piperidine rings is 2. The number of imide groups is 1. The molecule has 0 aromatic carbocycles. The Bertz CT molecular complexity index is 885. The molecule has 31 heavy (non-hydrogen) atoms. The minimum atomic E-state index is -0.714. The molecule has 0 saturated carbocycles. The van der Waals surface area contributed by atoms with Gasteiger partial charge in [-0.2, -0.15) is 0 Å². The normalized spacial score (nSPS) is 22.6. The average molecular weight is 425 g/mol. The van der Waals surface area contributed by atoms with Crippen molar-refractivity contribution in [1.29, 1.82) is 0 Å². The van der Waals surface area contributed by atoms with Gasteiger partial charge in [-0.25, -0.2) is 4.98 Å². The molecule has 164 valence electrons. The Hall–Kier alpha value is -3.00. The van der Waals surface area contributed by atoms with Crippen LogP contribution in [0.2, 0.25) is 0 Å². The van der Waals surface area contributed by atoms with Gasteiger partial charge in [-0.05, 0) is 44.2 Å². The summed E-state index contributed by atoms with van der Waals surface area (Å²) in [7, 11) is 0. The maximum absolute atomic E-state index is 12.3. The molecule has 1 aliphatic carbocycles. The number of amides is 3. The van der Waals surface area contributed by atoms with Crippen LogP contribution < -0.4 is 15.4 Å². The Morgan fingerprint density at radius 3 is 2.71 bits per heavy atom. The maximum Gasteiger partial charge on any atom is 0.270 e. The maximum atomic E-state index is 12.3. The van der Waals surface area contributed by atoms with E-state index in [4.69, 9.17) is 4.74 Å². The molecule has 1 aromatic rings. The first-order valence-corrected chi connectivity index (χ1v) is 10.9. The summed E-state index contributed by atoms with van der Waals surface area (Å²) >= 11 is 0. The highest BCUT2D eigenvalue weighted by molar-refractivity contribution is 6.03. The van der Waals surface area contributed by atoms with Crippen molar-refractivity contribution in [1.82, 2.24) is 20.5 Å². The zero-order valence-electron chi connectivity index (χ0n) is 17.5. The molecule has 2 fully saturated rings. The second kappa shape index (κ2) is 9.87. The van der Waals surface area contributed by atoms with Crippen molar-refractivity contribution < 1.29 is 19.1 Å². The highest BCUT2D eigenvalue weighted by Gasteiger charge is 2.28. The van der Waals surface area contributed by atoms with Crippen molar-refractivity contribution in [3.63, 3.8) is 0 Å². The van der Waals surface area contributed by atoms with E-state index in [1.165, 1.54) is 5.57 Å². The molecule has 2 saturated heterocycles. The van der Waals surface area contributed by atoms with E-state index in [9.17, 15) is 14.4 Å². The van der Waals surface area contributed by atoms with E-state index in [1.807, 2.05) is 0 Å². The Morgan fingerprint density at radius 1 is 1.19 bits per heavy atom. The van der Waals surface area contributed by atoms with Crippen LogP contribution in [0, 0.1) is 0 Å². The van der Waals surface area contributed by atoms with Crippen LogP contribution in [0.25, 0.3) is 0 Å². The number of likely N-dealkylation sites (tertiary alicyclic amines) is 1. The number of aromatic nitrogens is 1. The van der Waals surface area contributed by atoms with E-state index in [-0.39, 0.29) is 24.1 Å². The number of hydrogen-bond acceptors (Lipinski definition) is 6. The fraction of sp³-hybridized carbons (Fsp3) is 0.478. The number of rotatable bonds is 6. The number of carbonyl (C=O) groups is 3. The van der Waals surface area contributed by atoms with Gasteiger partial charge >= 0.3 is 0 Å². The molecule has 1 aromatic heterocycles. The summed E-state index contributed by atoms with van der Waals surface area (Å²) in [6.07, 6.45) is 13.0. The molecule has 3 heterocycles. The fourth-order valence-electron chi connectivity index (χ4n) is 4.10. The molecule has 0 radical (unpaired) electrons. The molecule has 1 unspecified atom stereocenters. The molecular formula is C23H28N4O4. The molecule has 3 aliphatic rings. The molecule has 8 heteroatoms. The number of pyridine rings is 1. The van der Waals surface area contributed by atoms with Gasteiger partial charge in [0.1, 0.15) is 23.6 Å². The van der Waals surface area contributed by atoms with Gasteiger partial charge in [0.15, 0.2) is 0 Å². The second-order valence-electron chi connectivity index (χ2n) is 8.24. The Balaban J connectivity index is 1.23. The monoisotopic (exact) mass is 424 g/mol. The summed E-state index contributed by atoms with van der Waals surface area (Å²) in [5.74, 6) is -0.603. The largest absolute Gasteiger partial charge is 0.489 e. The van der Waals surface area contributed by atoms with Crippen LogP contribution in [-0.4, -0.2) is 59.4 Å². The van der Waals surface area contributed by atoms with E-state index in [0.29, 0.717) is 12.2 Å². The predicted octanol–water partition coefficient (Wildman–Crippen LogP) is 1.74. The third-order valence-corrected chi connectivity index (χ3v) is 5.88. The van der Waals surface area contributed by atoms with Gasteiger partial charge in [0.25, 0.3) is 5.91 Å². The highest BCUT2D eigenvalue weighted by atomic mass is 16.5. The number of carbonyl (C=O) groups excluding carboxylic acids is 3. The van der Waals surface area contributed by atoms with Gasteiger partial charge in [0.05, 0.1) is 6.20 Å². The van der Waals surface area contributed by atoms with Crippen molar-refractivity contribution >= 4 is 17.7 Å². The summed E-state index contributed by atoms with van der Waals surface area (Å²) in [6, 6.07) is 2.61. The number of allylic oxidation sites excluding steroid dienone is 3. The molecule has 0 bridgehead atoms. The van der Waals surface area contributed by atoms with Crippen LogP contribution in [0.3, 0.4) is 0 Å². The molecule has 2 aliphatic heterocycles. The molecule has 0 spiro atoms. The third kappa shape index (κ3) is 5.79. The molecule has 2 N–H and O–H groups in total. The Morgan fingerprint density at radius 2 is 2.03 bits per heavy atom. The highest BCUT2D eigenvalue weighted by Crippen LogP contribution is 2.21. The van der Waals surface area contributed by atoms with Crippen LogP contribution in [0.15, 0.2) is 42.1 Å². The van der Waals surface area contributed by atoms with Gasteiger partial charge in [-0.3, -0.25) is 24.6 Å². The summed E-state index contributed by atoms with van der Waals surface area (Å²) < 4.78 is 6.06. The summed E-state index contributed by atoms with van der Waals surface area (Å²) in [5, 5.41) is 4.85. The zero-order valence-corrected chi connectivity index (χ0v) is 17.5. The zero-order chi connectivity index (χ0) is 21.6. The minimum Gasteiger partial charge on any atom is -0.489 e. The standard InChI is InChI=1S/C23H28N4O4/c28-21-9-8-20(23(30)26-21)25-22(29)19-7-6-18(14-24-19)31-17-10-12-27(13-11-17)15-16-4-2-1-3-5-16/h1-2,4,6-7,14,17,20H,3,5,8-13,15H2,(H,25,29)(H,26,28,30). The van der Waals surface area contributed by atoms with Gasteiger partial charge in [-0.15, -0.1) is 0 Å². The van der Waals surface area contributed by atoms with E-state index in [2.05, 4.69) is 38.7 Å².